The minimum absolute atomic E-state index is 0.268. The molecule has 0 aliphatic heterocycles. The summed E-state index contributed by atoms with van der Waals surface area (Å²) in [6.45, 7) is 0. The highest BCUT2D eigenvalue weighted by Crippen LogP contribution is 2.43. The van der Waals surface area contributed by atoms with Crippen molar-refractivity contribution in [3.63, 3.8) is 0 Å². The molecule has 0 atom stereocenters. The van der Waals surface area contributed by atoms with Gasteiger partial charge in [0.25, 0.3) is 12.1 Å². The van der Waals surface area contributed by atoms with E-state index in [4.69, 9.17) is 0 Å². The summed E-state index contributed by atoms with van der Waals surface area (Å²) in [5.41, 5.74) is -3.86. The summed E-state index contributed by atoms with van der Waals surface area (Å²) in [6, 6.07) is 0.795. The van der Waals surface area contributed by atoms with Crippen molar-refractivity contribution >= 4 is 21.6 Å². The molecule has 3 nitrogen and oxygen atoms in total. The minimum atomic E-state index is -5.00. The Morgan fingerprint density at radius 3 is 2.18 bits per heavy atom. The van der Waals surface area contributed by atoms with Crippen LogP contribution in [-0.2, 0) is 6.18 Å². The first kappa shape index (κ1) is 13.8. The van der Waals surface area contributed by atoms with E-state index >= 15 is 0 Å². The number of benzene rings is 1. The Kier molecular flexibility index (Phi) is 3.70. The van der Waals surface area contributed by atoms with Crippen LogP contribution >= 0.6 is 15.9 Å². The maximum absolute atomic E-state index is 12.5. The van der Waals surface area contributed by atoms with Crippen LogP contribution in [0.15, 0.2) is 16.6 Å². The molecule has 0 amide bonds. The molecule has 9 heteroatoms. The van der Waals surface area contributed by atoms with Crippen LogP contribution in [0.2, 0.25) is 0 Å². The maximum Gasteiger partial charge on any atom is 0.416 e. The molecule has 0 bridgehead atoms. The van der Waals surface area contributed by atoms with Gasteiger partial charge in [-0.3, -0.25) is 10.1 Å². The Hall–Kier alpha value is -1.25. The zero-order valence-corrected chi connectivity index (χ0v) is 9.35. The van der Waals surface area contributed by atoms with E-state index in [1.165, 1.54) is 0 Å². The van der Waals surface area contributed by atoms with Gasteiger partial charge < -0.3 is 0 Å². The molecule has 94 valence electrons. The van der Waals surface area contributed by atoms with E-state index in [0.29, 0.717) is 6.07 Å². The van der Waals surface area contributed by atoms with Crippen LogP contribution in [-0.4, -0.2) is 4.92 Å². The monoisotopic (exact) mass is 319 g/mol. The smallest absolute Gasteiger partial charge is 0.258 e. The first-order chi connectivity index (χ1) is 7.66. The van der Waals surface area contributed by atoms with Gasteiger partial charge in [0.1, 0.15) is 4.47 Å². The molecule has 0 unspecified atom stereocenters. The first-order valence-electron chi connectivity index (χ1n) is 3.98. The van der Waals surface area contributed by atoms with Gasteiger partial charge in [0.2, 0.25) is 0 Å². The molecule has 0 radical (unpaired) electrons. The van der Waals surface area contributed by atoms with E-state index in [-0.39, 0.29) is 6.07 Å². The molecule has 0 saturated heterocycles. The quantitative estimate of drug-likeness (QED) is 0.463. The third-order valence-electron chi connectivity index (χ3n) is 1.88. The van der Waals surface area contributed by atoms with Crippen molar-refractivity contribution in [3.05, 3.63) is 37.8 Å². The highest BCUT2D eigenvalue weighted by atomic mass is 79.9. The minimum Gasteiger partial charge on any atom is -0.258 e. The second kappa shape index (κ2) is 4.55. The van der Waals surface area contributed by atoms with Crippen molar-refractivity contribution in [2.75, 3.05) is 0 Å². The van der Waals surface area contributed by atoms with Crippen LogP contribution in [0.5, 0.6) is 0 Å². The molecular formula is C8H3BrF5NO2. The van der Waals surface area contributed by atoms with Gasteiger partial charge in [0.05, 0.1) is 16.1 Å². The fourth-order valence-electron chi connectivity index (χ4n) is 1.18. The molecule has 0 aliphatic rings. The van der Waals surface area contributed by atoms with Gasteiger partial charge in [0.15, 0.2) is 0 Å². The molecule has 0 saturated carbocycles. The predicted octanol–water partition coefficient (Wildman–Crippen LogP) is 4.31. The summed E-state index contributed by atoms with van der Waals surface area (Å²) in [4.78, 5) is 9.36. The molecule has 0 spiro atoms. The zero-order chi connectivity index (χ0) is 13.4. The summed E-state index contributed by atoms with van der Waals surface area (Å²) >= 11 is 2.40. The van der Waals surface area contributed by atoms with E-state index in [2.05, 4.69) is 15.9 Å². The number of nitro groups is 1. The van der Waals surface area contributed by atoms with Crippen LogP contribution in [0, 0.1) is 10.1 Å². The highest BCUT2D eigenvalue weighted by molar-refractivity contribution is 9.10. The lowest BCUT2D eigenvalue weighted by Gasteiger charge is -2.13. The second-order valence-corrected chi connectivity index (χ2v) is 3.71. The molecule has 0 N–H and O–H groups in total. The van der Waals surface area contributed by atoms with Crippen molar-refractivity contribution in [3.8, 4) is 0 Å². The van der Waals surface area contributed by atoms with Gasteiger partial charge in [-0.15, -0.1) is 0 Å². The highest BCUT2D eigenvalue weighted by Gasteiger charge is 2.38. The van der Waals surface area contributed by atoms with Gasteiger partial charge in [-0.25, -0.2) is 8.78 Å². The normalized spacial score (nSPS) is 11.9. The fourth-order valence-corrected chi connectivity index (χ4v) is 1.85. The molecule has 0 fully saturated rings. The average molecular weight is 320 g/mol. The van der Waals surface area contributed by atoms with Crippen LogP contribution < -0.4 is 0 Å². The van der Waals surface area contributed by atoms with Crippen LogP contribution in [0.3, 0.4) is 0 Å². The maximum atomic E-state index is 12.5. The third kappa shape index (κ3) is 2.71. The largest absolute Gasteiger partial charge is 0.416 e. The number of halogens is 6. The molecule has 0 heterocycles. The Bertz CT molecular complexity index is 460. The van der Waals surface area contributed by atoms with Crippen molar-refractivity contribution in [2.45, 2.75) is 12.6 Å². The summed E-state index contributed by atoms with van der Waals surface area (Å²) in [7, 11) is 0. The number of nitrogens with zero attached hydrogens (tertiary/aromatic N) is 1. The van der Waals surface area contributed by atoms with Gasteiger partial charge in [-0.1, -0.05) is 0 Å². The Morgan fingerprint density at radius 1 is 1.29 bits per heavy atom. The third-order valence-corrected chi connectivity index (χ3v) is 2.71. The van der Waals surface area contributed by atoms with E-state index in [1.54, 1.807) is 0 Å². The van der Waals surface area contributed by atoms with Crippen molar-refractivity contribution < 1.29 is 26.9 Å². The number of nitro benzene ring substituents is 1. The number of alkyl halides is 5. The Morgan fingerprint density at radius 2 is 1.82 bits per heavy atom. The van der Waals surface area contributed by atoms with E-state index < -0.39 is 38.8 Å². The van der Waals surface area contributed by atoms with Gasteiger partial charge in [-0.05, 0) is 22.0 Å². The standard InChI is InChI=1S/C8H3BrF5NO2/c9-6-4(15(16)17)2-1-3(8(12,13)14)5(6)7(10)11/h1-2,7H. The Balaban J connectivity index is 3.57. The van der Waals surface area contributed by atoms with E-state index in [0.717, 1.165) is 0 Å². The summed E-state index contributed by atoms with van der Waals surface area (Å²) in [6.07, 6.45) is -8.47. The van der Waals surface area contributed by atoms with Crippen LogP contribution in [0.25, 0.3) is 0 Å². The second-order valence-electron chi connectivity index (χ2n) is 2.92. The lowest BCUT2D eigenvalue weighted by Crippen LogP contribution is -2.11. The molecule has 0 aliphatic carbocycles. The lowest BCUT2D eigenvalue weighted by atomic mass is 10.1. The van der Waals surface area contributed by atoms with Gasteiger partial charge >= 0.3 is 6.18 Å². The predicted molar refractivity (Wildman–Crippen MR) is 50.8 cm³/mol. The lowest BCUT2D eigenvalue weighted by molar-refractivity contribution is -0.385. The number of hydrogen-bond acceptors (Lipinski definition) is 2. The van der Waals surface area contributed by atoms with E-state index in [1.807, 2.05) is 0 Å². The van der Waals surface area contributed by atoms with Crippen molar-refractivity contribution in [2.24, 2.45) is 0 Å². The zero-order valence-electron chi connectivity index (χ0n) is 7.76. The fraction of sp³-hybridized carbons (Fsp3) is 0.250. The van der Waals surface area contributed by atoms with E-state index in [9.17, 15) is 32.1 Å². The molecule has 1 aromatic carbocycles. The van der Waals surface area contributed by atoms with Gasteiger partial charge in [0, 0.05) is 6.07 Å². The molecule has 1 aromatic rings. The number of hydrogen-bond donors (Lipinski definition) is 0. The van der Waals surface area contributed by atoms with Crippen molar-refractivity contribution in [1.29, 1.82) is 0 Å². The van der Waals surface area contributed by atoms with Gasteiger partial charge in [-0.2, -0.15) is 13.2 Å². The topological polar surface area (TPSA) is 43.1 Å². The van der Waals surface area contributed by atoms with Crippen molar-refractivity contribution in [1.82, 2.24) is 0 Å². The summed E-state index contributed by atoms with van der Waals surface area (Å²) in [5.74, 6) is 0. The Labute approximate surface area is 99.5 Å². The summed E-state index contributed by atoms with van der Waals surface area (Å²) in [5, 5.41) is 10.4. The molecular weight excluding hydrogens is 317 g/mol. The van der Waals surface area contributed by atoms with Crippen LogP contribution in [0.1, 0.15) is 17.6 Å². The van der Waals surface area contributed by atoms with Crippen LogP contribution in [0.4, 0.5) is 27.6 Å². The average Bonchev–Trinajstić information content (AvgIpc) is 2.14. The number of rotatable bonds is 2. The molecule has 17 heavy (non-hydrogen) atoms. The molecule has 0 aromatic heterocycles. The molecule has 1 rings (SSSR count). The summed E-state index contributed by atoms with van der Waals surface area (Å²) < 4.78 is 61.4. The first-order valence-corrected chi connectivity index (χ1v) is 4.77. The SMILES string of the molecule is O=[N+]([O-])c1ccc(C(F)(F)F)c(C(F)F)c1Br.